The van der Waals surface area contributed by atoms with Crippen LogP contribution in [0.25, 0.3) is 0 Å². The minimum Gasteiger partial charge on any atom is -0.390 e. The average Bonchev–Trinajstić information content (AvgIpc) is 3.09. The molecule has 0 spiro atoms. The predicted molar refractivity (Wildman–Crippen MR) is 81.3 cm³/mol. The van der Waals surface area contributed by atoms with E-state index in [1.165, 1.54) is 0 Å². The van der Waals surface area contributed by atoms with E-state index < -0.39 is 5.60 Å². The zero-order valence-corrected chi connectivity index (χ0v) is 13.6. The zero-order chi connectivity index (χ0) is 15.6. The van der Waals surface area contributed by atoms with E-state index in [1.54, 1.807) is 0 Å². The molecule has 3 heterocycles. The first-order valence-corrected chi connectivity index (χ1v) is 8.46. The summed E-state index contributed by atoms with van der Waals surface area (Å²) in [7, 11) is 0. The molecule has 3 atom stereocenters. The normalized spacial score (nSPS) is 33.4. The van der Waals surface area contributed by atoms with E-state index in [1.807, 2.05) is 6.92 Å². The van der Waals surface area contributed by atoms with Crippen LogP contribution in [-0.4, -0.2) is 51.5 Å². The Morgan fingerprint density at radius 2 is 2.32 bits per heavy atom. The second-order valence-electron chi connectivity index (χ2n) is 6.82. The summed E-state index contributed by atoms with van der Waals surface area (Å²) in [5, 5.41) is 14.7. The van der Waals surface area contributed by atoms with Crippen LogP contribution in [0.5, 0.6) is 0 Å². The number of aryl methyl sites for hydroxylation is 1. The predicted octanol–water partition coefficient (Wildman–Crippen LogP) is 1.77. The van der Waals surface area contributed by atoms with Crippen LogP contribution in [0.3, 0.4) is 0 Å². The molecule has 3 rings (SSSR count). The molecule has 22 heavy (non-hydrogen) atoms. The van der Waals surface area contributed by atoms with Crippen molar-refractivity contribution < 1.29 is 14.4 Å². The average molecular weight is 309 g/mol. The molecule has 0 bridgehead atoms. The molecule has 124 valence electrons. The highest BCUT2D eigenvalue weighted by Crippen LogP contribution is 2.36. The highest BCUT2D eigenvalue weighted by atomic mass is 16.5. The number of aliphatic hydroxyl groups is 1. The second kappa shape index (κ2) is 6.64. The van der Waals surface area contributed by atoms with Gasteiger partial charge in [-0.3, -0.25) is 4.90 Å². The molecule has 1 N–H and O–H groups in total. The molecule has 0 aliphatic carbocycles. The van der Waals surface area contributed by atoms with Crippen molar-refractivity contribution in [3.05, 3.63) is 11.7 Å². The van der Waals surface area contributed by atoms with Crippen LogP contribution in [0.1, 0.15) is 51.2 Å². The molecule has 2 saturated heterocycles. The summed E-state index contributed by atoms with van der Waals surface area (Å²) in [6, 6.07) is 0.330. The summed E-state index contributed by atoms with van der Waals surface area (Å²) in [4.78, 5) is 6.84. The lowest BCUT2D eigenvalue weighted by atomic mass is 9.79. The van der Waals surface area contributed by atoms with E-state index in [4.69, 9.17) is 9.26 Å². The third kappa shape index (κ3) is 3.34. The van der Waals surface area contributed by atoms with E-state index >= 15 is 0 Å². The Morgan fingerprint density at radius 3 is 3.09 bits per heavy atom. The van der Waals surface area contributed by atoms with Crippen molar-refractivity contribution in [2.75, 3.05) is 19.8 Å². The van der Waals surface area contributed by atoms with E-state index in [0.29, 0.717) is 38.1 Å². The maximum atomic E-state index is 10.7. The first-order chi connectivity index (χ1) is 10.6. The van der Waals surface area contributed by atoms with E-state index in [2.05, 4.69) is 22.0 Å². The monoisotopic (exact) mass is 309 g/mol. The van der Waals surface area contributed by atoms with Gasteiger partial charge in [0.25, 0.3) is 0 Å². The number of hydrogen-bond acceptors (Lipinski definition) is 6. The molecule has 1 aromatic heterocycles. The lowest BCUT2D eigenvalue weighted by molar-refractivity contribution is -0.124. The Balaban J connectivity index is 1.67. The third-order valence-electron chi connectivity index (χ3n) is 5.05. The SMILES string of the molecule is CCCc1noc(CN2CCC[C@@H]2[C@H]2COCC[C@]2(C)O)n1. The summed E-state index contributed by atoms with van der Waals surface area (Å²) >= 11 is 0. The van der Waals surface area contributed by atoms with Gasteiger partial charge in [0.2, 0.25) is 5.89 Å². The first-order valence-electron chi connectivity index (χ1n) is 8.46. The quantitative estimate of drug-likeness (QED) is 0.894. The number of aromatic nitrogens is 2. The Kier molecular flexibility index (Phi) is 4.80. The summed E-state index contributed by atoms with van der Waals surface area (Å²) in [6.45, 7) is 7.04. The Bertz CT molecular complexity index is 489. The van der Waals surface area contributed by atoms with Gasteiger partial charge in [0.05, 0.1) is 18.8 Å². The van der Waals surface area contributed by atoms with Gasteiger partial charge in [0.15, 0.2) is 5.82 Å². The van der Waals surface area contributed by atoms with Gasteiger partial charge in [0, 0.05) is 25.0 Å². The van der Waals surface area contributed by atoms with E-state index in [-0.39, 0.29) is 5.92 Å². The lowest BCUT2D eigenvalue weighted by Gasteiger charge is -2.43. The van der Waals surface area contributed by atoms with Crippen molar-refractivity contribution in [2.24, 2.45) is 5.92 Å². The molecular weight excluding hydrogens is 282 g/mol. The molecule has 2 aliphatic rings. The highest BCUT2D eigenvalue weighted by Gasteiger charge is 2.44. The molecule has 0 saturated carbocycles. The van der Waals surface area contributed by atoms with Gasteiger partial charge in [-0.15, -0.1) is 0 Å². The third-order valence-corrected chi connectivity index (χ3v) is 5.05. The Hall–Kier alpha value is -0.980. The van der Waals surface area contributed by atoms with Crippen molar-refractivity contribution in [3.63, 3.8) is 0 Å². The summed E-state index contributed by atoms with van der Waals surface area (Å²) in [5.41, 5.74) is -0.645. The van der Waals surface area contributed by atoms with E-state index in [0.717, 1.165) is 38.1 Å². The van der Waals surface area contributed by atoms with Gasteiger partial charge < -0.3 is 14.4 Å². The second-order valence-corrected chi connectivity index (χ2v) is 6.82. The summed E-state index contributed by atoms with van der Waals surface area (Å²) < 4.78 is 11.0. The Morgan fingerprint density at radius 1 is 1.45 bits per heavy atom. The van der Waals surface area contributed by atoms with Crippen LogP contribution in [0.4, 0.5) is 0 Å². The minimum absolute atomic E-state index is 0.154. The fourth-order valence-electron chi connectivity index (χ4n) is 3.74. The maximum absolute atomic E-state index is 10.7. The van der Waals surface area contributed by atoms with E-state index in [9.17, 15) is 5.11 Å². The molecule has 1 aromatic rings. The fraction of sp³-hybridized carbons (Fsp3) is 0.875. The van der Waals surface area contributed by atoms with Crippen molar-refractivity contribution in [3.8, 4) is 0 Å². The number of likely N-dealkylation sites (tertiary alicyclic amines) is 1. The molecule has 2 fully saturated rings. The topological polar surface area (TPSA) is 71.6 Å². The molecule has 0 radical (unpaired) electrons. The summed E-state index contributed by atoms with van der Waals surface area (Å²) in [6.07, 6.45) is 4.84. The molecular formula is C16H27N3O3. The highest BCUT2D eigenvalue weighted by molar-refractivity contribution is 4.97. The molecule has 6 nitrogen and oxygen atoms in total. The number of rotatable bonds is 5. The van der Waals surface area contributed by atoms with Crippen molar-refractivity contribution in [1.82, 2.24) is 15.0 Å². The number of nitrogens with zero attached hydrogens (tertiary/aromatic N) is 3. The van der Waals surface area contributed by atoms with Crippen LogP contribution < -0.4 is 0 Å². The lowest BCUT2D eigenvalue weighted by Crippen LogP contribution is -2.52. The van der Waals surface area contributed by atoms with Gasteiger partial charge in [-0.2, -0.15) is 4.98 Å². The van der Waals surface area contributed by atoms with Crippen LogP contribution in [0.15, 0.2) is 4.52 Å². The standard InChI is InChI=1S/C16H27N3O3/c1-3-5-14-17-15(22-18-14)10-19-8-4-6-13(19)12-11-21-9-7-16(12,2)20/h12-13,20H,3-11H2,1-2H3/t12-,13-,16+/m1/s1. The van der Waals surface area contributed by atoms with Crippen molar-refractivity contribution >= 4 is 0 Å². The van der Waals surface area contributed by atoms with Crippen LogP contribution in [0, 0.1) is 5.92 Å². The van der Waals surface area contributed by atoms with Crippen molar-refractivity contribution in [2.45, 2.75) is 64.1 Å². The molecule has 0 amide bonds. The molecule has 0 unspecified atom stereocenters. The van der Waals surface area contributed by atoms with Crippen LogP contribution in [0.2, 0.25) is 0 Å². The van der Waals surface area contributed by atoms with Crippen LogP contribution in [-0.2, 0) is 17.7 Å². The molecule has 2 aliphatic heterocycles. The first kappa shape index (κ1) is 15.9. The van der Waals surface area contributed by atoms with Gasteiger partial charge in [-0.1, -0.05) is 12.1 Å². The van der Waals surface area contributed by atoms with Gasteiger partial charge in [-0.05, 0) is 39.2 Å². The zero-order valence-electron chi connectivity index (χ0n) is 13.6. The van der Waals surface area contributed by atoms with Gasteiger partial charge in [0.1, 0.15) is 0 Å². The Labute approximate surface area is 131 Å². The van der Waals surface area contributed by atoms with Gasteiger partial charge in [-0.25, -0.2) is 0 Å². The van der Waals surface area contributed by atoms with Crippen LogP contribution >= 0.6 is 0 Å². The number of ether oxygens (including phenoxy) is 1. The number of hydrogen-bond donors (Lipinski definition) is 1. The fourth-order valence-corrected chi connectivity index (χ4v) is 3.74. The smallest absolute Gasteiger partial charge is 0.240 e. The molecule has 6 heteroatoms. The van der Waals surface area contributed by atoms with Crippen molar-refractivity contribution in [1.29, 1.82) is 0 Å². The van der Waals surface area contributed by atoms with Gasteiger partial charge >= 0.3 is 0 Å². The molecule has 0 aromatic carbocycles. The summed E-state index contributed by atoms with van der Waals surface area (Å²) in [5.74, 6) is 1.63. The minimum atomic E-state index is -0.645. The largest absolute Gasteiger partial charge is 0.390 e. The maximum Gasteiger partial charge on any atom is 0.240 e.